The molecule has 1 aromatic carbocycles. The maximum absolute atomic E-state index is 12.9. The predicted molar refractivity (Wildman–Crippen MR) is 55.5 cm³/mol. The molecule has 0 bridgehead atoms. The maximum atomic E-state index is 12.9. The zero-order chi connectivity index (χ0) is 13.0. The number of halogens is 1. The summed E-state index contributed by atoms with van der Waals surface area (Å²) in [6, 6.07) is 3.29. The molecule has 6 heteroatoms. The lowest BCUT2D eigenvalue weighted by Crippen LogP contribution is -2.22. The first kappa shape index (κ1) is 13.6. The topological polar surface area (TPSA) is 98.0 Å². The van der Waals surface area contributed by atoms with Crippen LogP contribution in [0.2, 0.25) is 0 Å². The molecule has 0 radical (unpaired) electrons. The van der Waals surface area contributed by atoms with E-state index in [1.165, 1.54) is 6.07 Å². The lowest BCUT2D eigenvalue weighted by molar-refractivity contribution is -0.141. The van der Waals surface area contributed by atoms with Gasteiger partial charge in [-0.3, -0.25) is 4.79 Å². The molecule has 2 atom stereocenters. The quantitative estimate of drug-likeness (QED) is 0.592. The number of hydrogen-bond donors (Lipinski definition) is 4. The van der Waals surface area contributed by atoms with Crippen molar-refractivity contribution in [3.63, 3.8) is 0 Å². The Morgan fingerprint density at radius 3 is 2.53 bits per heavy atom. The van der Waals surface area contributed by atoms with Crippen LogP contribution in [0, 0.1) is 5.82 Å². The fraction of sp³-hybridized carbons (Fsp3) is 0.364. The van der Waals surface area contributed by atoms with Crippen molar-refractivity contribution in [1.82, 2.24) is 0 Å². The fourth-order valence-electron chi connectivity index (χ4n) is 1.50. The molecule has 0 saturated heterocycles. The number of aliphatic carboxylic acids is 1. The summed E-state index contributed by atoms with van der Waals surface area (Å²) in [7, 11) is 0. The molecule has 1 rings (SSSR count). The number of benzene rings is 1. The van der Waals surface area contributed by atoms with Crippen LogP contribution in [0.5, 0.6) is 0 Å². The van der Waals surface area contributed by atoms with E-state index in [-0.39, 0.29) is 11.1 Å². The third kappa shape index (κ3) is 3.48. The second-order valence-corrected chi connectivity index (χ2v) is 3.61. The highest BCUT2D eigenvalue weighted by Gasteiger charge is 2.23. The number of carboxylic acids is 1. The smallest absolute Gasteiger partial charge is 0.306 e. The SMILES string of the molecule is O=C(O)CC(O)C(O)c1ccc(F)cc1CO. The molecule has 0 spiro atoms. The van der Waals surface area contributed by atoms with E-state index in [0.29, 0.717) is 0 Å². The standard InChI is InChI=1S/C11H13FO5/c12-7-1-2-8(6(3-7)5-13)11(17)9(14)4-10(15)16/h1-3,9,11,13-14,17H,4-5H2,(H,15,16). The highest BCUT2D eigenvalue weighted by molar-refractivity contribution is 5.67. The van der Waals surface area contributed by atoms with Gasteiger partial charge < -0.3 is 20.4 Å². The van der Waals surface area contributed by atoms with Gasteiger partial charge in [0.15, 0.2) is 0 Å². The maximum Gasteiger partial charge on any atom is 0.306 e. The van der Waals surface area contributed by atoms with Crippen LogP contribution < -0.4 is 0 Å². The lowest BCUT2D eigenvalue weighted by Gasteiger charge is -2.19. The first-order valence-corrected chi connectivity index (χ1v) is 4.92. The Morgan fingerprint density at radius 2 is 2.00 bits per heavy atom. The molecule has 0 amide bonds. The Morgan fingerprint density at radius 1 is 1.35 bits per heavy atom. The molecule has 0 heterocycles. The van der Waals surface area contributed by atoms with Crippen molar-refractivity contribution in [3.8, 4) is 0 Å². The van der Waals surface area contributed by atoms with Crippen molar-refractivity contribution >= 4 is 5.97 Å². The summed E-state index contributed by atoms with van der Waals surface area (Å²) in [5.74, 6) is -1.85. The Bertz CT molecular complexity index is 407. The molecule has 4 N–H and O–H groups in total. The summed E-state index contributed by atoms with van der Waals surface area (Å²) in [6.07, 6.45) is -3.62. The van der Waals surface area contributed by atoms with Crippen LogP contribution in [-0.4, -0.2) is 32.5 Å². The van der Waals surface area contributed by atoms with E-state index in [2.05, 4.69) is 0 Å². The van der Waals surface area contributed by atoms with Crippen molar-refractivity contribution in [1.29, 1.82) is 0 Å². The Labute approximate surface area is 96.8 Å². The molecular formula is C11H13FO5. The van der Waals surface area contributed by atoms with E-state index in [9.17, 15) is 19.4 Å². The third-order valence-electron chi connectivity index (χ3n) is 2.34. The summed E-state index contributed by atoms with van der Waals surface area (Å²) < 4.78 is 12.9. The Kier molecular flexibility index (Phi) is 4.56. The Balaban J connectivity index is 2.94. The summed E-state index contributed by atoms with van der Waals surface area (Å²) in [5, 5.41) is 36.6. The van der Waals surface area contributed by atoms with Gasteiger partial charge in [-0.05, 0) is 23.3 Å². The average molecular weight is 244 g/mol. The highest BCUT2D eigenvalue weighted by atomic mass is 19.1. The molecule has 0 fully saturated rings. The molecule has 1 aromatic rings. The van der Waals surface area contributed by atoms with Gasteiger partial charge in [-0.1, -0.05) is 6.07 Å². The summed E-state index contributed by atoms with van der Waals surface area (Å²) in [4.78, 5) is 10.4. The molecule has 0 saturated carbocycles. The monoisotopic (exact) mass is 244 g/mol. The number of aliphatic hydroxyl groups is 3. The molecule has 5 nitrogen and oxygen atoms in total. The molecule has 0 aliphatic carbocycles. The van der Waals surface area contributed by atoms with Gasteiger partial charge in [0.05, 0.1) is 19.1 Å². The van der Waals surface area contributed by atoms with E-state index in [1.807, 2.05) is 0 Å². The van der Waals surface area contributed by atoms with Gasteiger partial charge in [-0.15, -0.1) is 0 Å². The number of rotatable bonds is 5. The summed E-state index contributed by atoms with van der Waals surface area (Å²) in [6.45, 7) is -0.510. The number of carbonyl (C=O) groups is 1. The average Bonchev–Trinajstić information content (AvgIpc) is 2.27. The van der Waals surface area contributed by atoms with Gasteiger partial charge in [0.2, 0.25) is 0 Å². The van der Waals surface area contributed by atoms with Crippen molar-refractivity contribution < 1.29 is 29.6 Å². The van der Waals surface area contributed by atoms with Crippen LogP contribution in [-0.2, 0) is 11.4 Å². The van der Waals surface area contributed by atoms with Gasteiger partial charge in [0.1, 0.15) is 11.9 Å². The van der Waals surface area contributed by atoms with Gasteiger partial charge >= 0.3 is 5.97 Å². The normalized spacial score (nSPS) is 14.4. The molecule has 17 heavy (non-hydrogen) atoms. The molecule has 94 valence electrons. The second-order valence-electron chi connectivity index (χ2n) is 3.61. The van der Waals surface area contributed by atoms with Gasteiger partial charge in [-0.2, -0.15) is 0 Å². The minimum absolute atomic E-state index is 0.113. The van der Waals surface area contributed by atoms with Crippen molar-refractivity contribution in [2.24, 2.45) is 0 Å². The van der Waals surface area contributed by atoms with Crippen molar-refractivity contribution in [2.45, 2.75) is 25.2 Å². The van der Waals surface area contributed by atoms with E-state index < -0.39 is 37.0 Å². The molecule has 0 aromatic heterocycles. The number of hydrogen-bond acceptors (Lipinski definition) is 4. The van der Waals surface area contributed by atoms with Crippen LogP contribution in [0.15, 0.2) is 18.2 Å². The van der Waals surface area contributed by atoms with Crippen LogP contribution in [0.3, 0.4) is 0 Å². The second kappa shape index (κ2) is 5.72. The predicted octanol–water partition coefficient (Wildman–Crippen LogP) is 0.187. The summed E-state index contributed by atoms with van der Waals surface area (Å²) >= 11 is 0. The lowest BCUT2D eigenvalue weighted by atomic mass is 9.97. The fourth-order valence-corrected chi connectivity index (χ4v) is 1.50. The van der Waals surface area contributed by atoms with Crippen LogP contribution in [0.1, 0.15) is 23.7 Å². The summed E-state index contributed by atoms with van der Waals surface area (Å²) in [5.41, 5.74) is 0.226. The molecule has 2 unspecified atom stereocenters. The van der Waals surface area contributed by atoms with Crippen molar-refractivity contribution in [3.05, 3.63) is 35.1 Å². The Hall–Kier alpha value is -1.50. The molecule has 0 aliphatic heterocycles. The van der Waals surface area contributed by atoms with E-state index in [4.69, 9.17) is 10.2 Å². The highest BCUT2D eigenvalue weighted by Crippen LogP contribution is 2.23. The third-order valence-corrected chi connectivity index (χ3v) is 2.34. The zero-order valence-electron chi connectivity index (χ0n) is 8.88. The van der Waals surface area contributed by atoms with Gasteiger partial charge in [0.25, 0.3) is 0 Å². The van der Waals surface area contributed by atoms with Crippen LogP contribution >= 0.6 is 0 Å². The van der Waals surface area contributed by atoms with Crippen molar-refractivity contribution in [2.75, 3.05) is 0 Å². The molecular weight excluding hydrogens is 231 g/mol. The molecule has 0 aliphatic rings. The van der Waals surface area contributed by atoms with E-state index >= 15 is 0 Å². The first-order chi connectivity index (χ1) is 7.95. The number of aliphatic hydroxyl groups excluding tert-OH is 3. The van der Waals surface area contributed by atoms with E-state index in [1.54, 1.807) is 0 Å². The zero-order valence-corrected chi connectivity index (χ0v) is 8.88. The van der Waals surface area contributed by atoms with Crippen LogP contribution in [0.25, 0.3) is 0 Å². The largest absolute Gasteiger partial charge is 0.481 e. The van der Waals surface area contributed by atoms with Crippen LogP contribution in [0.4, 0.5) is 4.39 Å². The first-order valence-electron chi connectivity index (χ1n) is 4.92. The van der Waals surface area contributed by atoms with Gasteiger partial charge in [-0.25, -0.2) is 4.39 Å². The number of carboxylic acid groups (broad SMARTS) is 1. The van der Waals surface area contributed by atoms with E-state index in [0.717, 1.165) is 12.1 Å². The minimum Gasteiger partial charge on any atom is -0.481 e. The minimum atomic E-state index is -1.51. The van der Waals surface area contributed by atoms with Gasteiger partial charge in [0, 0.05) is 0 Å².